The van der Waals surface area contributed by atoms with Gasteiger partial charge >= 0.3 is 0 Å². The summed E-state index contributed by atoms with van der Waals surface area (Å²) in [5.74, 6) is -0.799. The van der Waals surface area contributed by atoms with Gasteiger partial charge < -0.3 is 10.1 Å². The first-order valence-corrected chi connectivity index (χ1v) is 9.92. The molecule has 8 heteroatoms. The average Bonchev–Trinajstić information content (AvgIpc) is 2.81. The van der Waals surface area contributed by atoms with Crippen LogP contribution in [-0.4, -0.2) is 38.9 Å². The highest BCUT2D eigenvalue weighted by Crippen LogP contribution is 2.33. The fourth-order valence-electron chi connectivity index (χ4n) is 3.65. The van der Waals surface area contributed by atoms with Gasteiger partial charge in [0, 0.05) is 42.8 Å². The van der Waals surface area contributed by atoms with Gasteiger partial charge in [0.15, 0.2) is 11.4 Å². The first-order valence-electron chi connectivity index (χ1n) is 9.92. The van der Waals surface area contributed by atoms with Gasteiger partial charge in [0.1, 0.15) is 5.82 Å². The lowest BCUT2D eigenvalue weighted by Crippen LogP contribution is -2.58. The number of hydrogen-bond acceptors (Lipinski definition) is 7. The van der Waals surface area contributed by atoms with Crippen LogP contribution in [0.1, 0.15) is 35.7 Å². The molecule has 0 bridgehead atoms. The van der Waals surface area contributed by atoms with Gasteiger partial charge in [0.05, 0.1) is 17.2 Å². The maximum Gasteiger partial charge on any atom is 0.215 e. The molecule has 0 saturated carbocycles. The highest BCUT2D eigenvalue weighted by molar-refractivity contribution is 6.07. The number of nitrogens with zero attached hydrogens (tertiary/aromatic N) is 4. The number of piperidine rings is 1. The monoisotopic (exact) mass is 417 g/mol. The second-order valence-corrected chi connectivity index (χ2v) is 7.48. The van der Waals surface area contributed by atoms with Crippen LogP contribution in [0.4, 0.5) is 4.39 Å². The minimum atomic E-state index is -1.39. The summed E-state index contributed by atoms with van der Waals surface area (Å²) < 4.78 is 21.1. The SMILES string of the molecule is C[C@@H]1CC[C@](Oc2cc(C#N)ccn2)(C(=O)c2c(F)cccc2-c2ncccn2)CN1. The Labute approximate surface area is 179 Å². The van der Waals surface area contributed by atoms with Gasteiger partial charge in [-0.2, -0.15) is 5.26 Å². The van der Waals surface area contributed by atoms with Crippen molar-refractivity contribution in [2.24, 2.45) is 0 Å². The normalized spacial score (nSPS) is 20.6. The standard InChI is InChI=1S/C23H20FN5O2/c1-15-6-8-23(14-29-15,31-19-12-16(13-25)7-11-26-19)21(30)20-17(4-2-5-18(20)24)22-27-9-3-10-28-22/h2-5,7,9-12,15,29H,6,8,14H2,1H3/t15-,23-/m1/s1. The molecule has 4 rings (SSSR count). The van der Waals surface area contributed by atoms with Crippen LogP contribution >= 0.6 is 0 Å². The molecule has 0 amide bonds. The molecular formula is C23H20FN5O2. The van der Waals surface area contributed by atoms with Crippen molar-refractivity contribution in [1.29, 1.82) is 5.26 Å². The summed E-state index contributed by atoms with van der Waals surface area (Å²) in [5.41, 5.74) is -0.860. The van der Waals surface area contributed by atoms with E-state index in [0.29, 0.717) is 24.0 Å². The number of halogens is 1. The van der Waals surface area contributed by atoms with Gasteiger partial charge in [-0.1, -0.05) is 12.1 Å². The number of nitriles is 1. The largest absolute Gasteiger partial charge is 0.461 e. The van der Waals surface area contributed by atoms with Crippen LogP contribution in [0.5, 0.6) is 5.88 Å². The lowest BCUT2D eigenvalue weighted by atomic mass is 9.82. The molecule has 156 valence electrons. The maximum absolute atomic E-state index is 15.0. The van der Waals surface area contributed by atoms with E-state index in [1.54, 1.807) is 18.2 Å². The number of ether oxygens (including phenoxy) is 1. The van der Waals surface area contributed by atoms with Gasteiger partial charge in [-0.15, -0.1) is 0 Å². The third kappa shape index (κ3) is 4.13. The minimum absolute atomic E-state index is 0.124. The molecule has 7 nitrogen and oxygen atoms in total. The quantitative estimate of drug-likeness (QED) is 0.636. The number of carbonyl (C=O) groups is 1. The molecule has 2 aromatic heterocycles. The predicted octanol–water partition coefficient (Wildman–Crippen LogP) is 3.32. The Bertz CT molecular complexity index is 1140. The van der Waals surface area contributed by atoms with E-state index in [1.165, 1.54) is 36.8 Å². The van der Waals surface area contributed by atoms with Crippen molar-refractivity contribution in [2.45, 2.75) is 31.4 Å². The second-order valence-electron chi connectivity index (χ2n) is 7.48. The molecule has 2 atom stereocenters. The first kappa shape index (κ1) is 20.6. The van der Waals surface area contributed by atoms with Crippen molar-refractivity contribution >= 4 is 5.78 Å². The van der Waals surface area contributed by atoms with Gasteiger partial charge in [0.25, 0.3) is 0 Å². The van der Waals surface area contributed by atoms with Crippen molar-refractivity contribution in [3.05, 3.63) is 71.9 Å². The van der Waals surface area contributed by atoms with Crippen LogP contribution < -0.4 is 10.1 Å². The molecule has 3 heterocycles. The maximum atomic E-state index is 15.0. The Hall–Kier alpha value is -3.70. The number of rotatable bonds is 5. The fraction of sp³-hybridized carbons (Fsp3) is 0.261. The van der Waals surface area contributed by atoms with E-state index < -0.39 is 17.2 Å². The summed E-state index contributed by atoms with van der Waals surface area (Å²) in [6.45, 7) is 2.18. The molecule has 0 radical (unpaired) electrons. The van der Waals surface area contributed by atoms with Gasteiger partial charge in [0.2, 0.25) is 11.7 Å². The number of carbonyl (C=O) groups excluding carboxylic acids is 1. The third-order valence-electron chi connectivity index (χ3n) is 5.34. The summed E-state index contributed by atoms with van der Waals surface area (Å²) in [6.07, 6.45) is 5.53. The van der Waals surface area contributed by atoms with Crippen LogP contribution in [0.25, 0.3) is 11.4 Å². The van der Waals surface area contributed by atoms with Gasteiger partial charge in [-0.05, 0) is 38.0 Å². The summed E-state index contributed by atoms with van der Waals surface area (Å²) >= 11 is 0. The molecule has 0 unspecified atom stereocenters. The number of hydrogen-bond donors (Lipinski definition) is 1. The topological polar surface area (TPSA) is 101 Å². The smallest absolute Gasteiger partial charge is 0.215 e. The first-order chi connectivity index (χ1) is 15.0. The number of Topliss-reactive ketones (excluding diaryl/α,β-unsaturated/α-hetero) is 1. The Morgan fingerprint density at radius 2 is 2.03 bits per heavy atom. The zero-order valence-corrected chi connectivity index (χ0v) is 16.9. The van der Waals surface area contributed by atoms with Crippen molar-refractivity contribution in [2.75, 3.05) is 6.54 Å². The number of benzene rings is 1. The summed E-state index contributed by atoms with van der Waals surface area (Å²) in [5, 5.41) is 12.4. The van der Waals surface area contributed by atoms with E-state index in [0.717, 1.165) is 0 Å². The van der Waals surface area contributed by atoms with E-state index in [2.05, 4.69) is 20.3 Å². The van der Waals surface area contributed by atoms with Gasteiger partial charge in [-0.3, -0.25) is 4.79 Å². The molecule has 1 aliphatic rings. The average molecular weight is 417 g/mol. The summed E-state index contributed by atoms with van der Waals surface area (Å²) in [4.78, 5) is 26.4. The zero-order valence-electron chi connectivity index (χ0n) is 16.9. The molecule has 1 N–H and O–H groups in total. The molecule has 1 aromatic carbocycles. The van der Waals surface area contributed by atoms with Crippen LogP contribution in [0, 0.1) is 17.1 Å². The van der Waals surface area contributed by atoms with E-state index >= 15 is 4.39 Å². The second kappa shape index (κ2) is 8.58. The minimum Gasteiger partial charge on any atom is -0.461 e. The Balaban J connectivity index is 1.80. The molecule has 0 spiro atoms. The predicted molar refractivity (Wildman–Crippen MR) is 111 cm³/mol. The Morgan fingerprint density at radius 1 is 1.23 bits per heavy atom. The van der Waals surface area contributed by atoms with Crippen LogP contribution in [0.15, 0.2) is 55.0 Å². The third-order valence-corrected chi connectivity index (χ3v) is 5.34. The van der Waals surface area contributed by atoms with E-state index in [4.69, 9.17) is 4.74 Å². The van der Waals surface area contributed by atoms with Crippen LogP contribution in [0.3, 0.4) is 0 Å². The lowest BCUT2D eigenvalue weighted by Gasteiger charge is -2.38. The van der Waals surface area contributed by atoms with Crippen molar-refractivity contribution in [3.8, 4) is 23.3 Å². The highest BCUT2D eigenvalue weighted by Gasteiger charge is 2.46. The molecule has 0 aliphatic carbocycles. The molecule has 31 heavy (non-hydrogen) atoms. The lowest BCUT2D eigenvalue weighted by molar-refractivity contribution is 0.0261. The number of aromatic nitrogens is 3. The molecule has 3 aromatic rings. The fourth-order valence-corrected chi connectivity index (χ4v) is 3.65. The molecular weight excluding hydrogens is 397 g/mol. The summed E-state index contributed by atoms with van der Waals surface area (Å²) in [6, 6.07) is 11.2. The Kier molecular flexibility index (Phi) is 5.69. The van der Waals surface area contributed by atoms with Crippen molar-refractivity contribution in [1.82, 2.24) is 20.3 Å². The van der Waals surface area contributed by atoms with Crippen molar-refractivity contribution in [3.63, 3.8) is 0 Å². The Morgan fingerprint density at radius 3 is 2.74 bits per heavy atom. The number of pyridine rings is 1. The summed E-state index contributed by atoms with van der Waals surface area (Å²) in [7, 11) is 0. The molecule has 1 saturated heterocycles. The van der Waals surface area contributed by atoms with Crippen LogP contribution in [-0.2, 0) is 0 Å². The van der Waals surface area contributed by atoms with E-state index in [9.17, 15) is 10.1 Å². The van der Waals surface area contributed by atoms with E-state index in [-0.39, 0.29) is 29.9 Å². The molecule has 1 fully saturated rings. The highest BCUT2D eigenvalue weighted by atomic mass is 19.1. The van der Waals surface area contributed by atoms with Gasteiger partial charge in [-0.25, -0.2) is 19.3 Å². The number of nitrogens with one attached hydrogen (secondary N) is 1. The number of ketones is 1. The van der Waals surface area contributed by atoms with E-state index in [1.807, 2.05) is 13.0 Å². The zero-order chi connectivity index (χ0) is 21.8. The van der Waals surface area contributed by atoms with Crippen molar-refractivity contribution < 1.29 is 13.9 Å². The van der Waals surface area contributed by atoms with Crippen LogP contribution in [0.2, 0.25) is 0 Å². The molecule has 1 aliphatic heterocycles.